The molecule has 23 heavy (non-hydrogen) atoms. The van der Waals surface area contributed by atoms with E-state index >= 15 is 0 Å². The number of fused-ring (bicyclic) bond motifs is 1. The Labute approximate surface area is 140 Å². The van der Waals surface area contributed by atoms with Crippen LogP contribution in [0.25, 0.3) is 0 Å². The molecule has 2 aliphatic carbocycles. The van der Waals surface area contributed by atoms with Crippen LogP contribution >= 0.6 is 23.2 Å². The van der Waals surface area contributed by atoms with Gasteiger partial charge in [0.2, 0.25) is 0 Å². The average Bonchev–Trinajstić information content (AvgIpc) is 2.43. The first-order chi connectivity index (χ1) is 10.4. The van der Waals surface area contributed by atoms with Gasteiger partial charge in [-0.2, -0.15) is 0 Å². The maximum atomic E-state index is 11.6. The zero-order valence-electron chi connectivity index (χ0n) is 11.8. The van der Waals surface area contributed by atoms with Gasteiger partial charge in [-0.3, -0.25) is 19.2 Å². The molecule has 0 saturated heterocycles. The third-order valence-corrected chi connectivity index (χ3v) is 6.78. The number of hydrogen-bond acceptors (Lipinski definition) is 4. The highest BCUT2D eigenvalue weighted by atomic mass is 35.5. The lowest BCUT2D eigenvalue weighted by Gasteiger charge is -2.64. The Kier molecular flexibility index (Phi) is 4.06. The van der Waals surface area contributed by atoms with E-state index in [2.05, 4.69) is 0 Å². The first kappa shape index (κ1) is 17.8. The van der Waals surface area contributed by atoms with Crippen LogP contribution in [0.1, 0.15) is 13.3 Å². The molecule has 8 nitrogen and oxygen atoms in total. The van der Waals surface area contributed by atoms with Gasteiger partial charge in [-0.25, -0.2) is 0 Å². The van der Waals surface area contributed by atoms with E-state index in [1.165, 1.54) is 6.92 Å². The molecule has 0 spiro atoms. The van der Waals surface area contributed by atoms with Gasteiger partial charge in [0.15, 0.2) is 9.75 Å². The molecule has 0 aromatic carbocycles. The largest absolute Gasteiger partial charge is 0.481 e. The molecule has 0 radical (unpaired) electrons. The molecule has 2 saturated carbocycles. The van der Waals surface area contributed by atoms with Crippen molar-refractivity contribution in [1.82, 2.24) is 0 Å². The average molecular weight is 369 g/mol. The lowest BCUT2D eigenvalue weighted by Crippen LogP contribution is -2.80. The molecule has 0 amide bonds. The normalized spacial score (nSPS) is 45.4. The van der Waals surface area contributed by atoms with Crippen LogP contribution in [-0.2, 0) is 19.2 Å². The summed E-state index contributed by atoms with van der Waals surface area (Å²) in [5.74, 6) is -11.9. The van der Waals surface area contributed by atoms with Crippen LogP contribution in [0.5, 0.6) is 0 Å². The number of rotatable bonds is 4. The SMILES string of the molecule is CC1C(C(=O)O)C(C(=O)O)CC2C1C(Cl)(C(=O)O)C2(Cl)C(=O)O. The van der Waals surface area contributed by atoms with Crippen molar-refractivity contribution in [2.24, 2.45) is 29.6 Å². The highest BCUT2D eigenvalue weighted by Gasteiger charge is 2.82. The van der Waals surface area contributed by atoms with Gasteiger partial charge in [-0.05, 0) is 24.2 Å². The van der Waals surface area contributed by atoms with Gasteiger partial charge >= 0.3 is 23.9 Å². The van der Waals surface area contributed by atoms with Crippen LogP contribution < -0.4 is 0 Å². The Bertz CT molecular complexity index is 607. The molecule has 0 bridgehead atoms. The molecule has 0 aromatic rings. The van der Waals surface area contributed by atoms with E-state index in [4.69, 9.17) is 23.2 Å². The molecule has 7 atom stereocenters. The van der Waals surface area contributed by atoms with E-state index in [1.54, 1.807) is 0 Å². The summed E-state index contributed by atoms with van der Waals surface area (Å²) >= 11 is 12.1. The van der Waals surface area contributed by atoms with E-state index < -0.39 is 63.2 Å². The van der Waals surface area contributed by atoms with Crippen molar-refractivity contribution in [3.8, 4) is 0 Å². The van der Waals surface area contributed by atoms with Gasteiger partial charge in [0.05, 0.1) is 11.8 Å². The molecule has 0 aliphatic heterocycles. The van der Waals surface area contributed by atoms with Crippen molar-refractivity contribution in [2.45, 2.75) is 23.1 Å². The molecule has 2 aliphatic rings. The highest BCUT2D eigenvalue weighted by Crippen LogP contribution is 2.68. The highest BCUT2D eigenvalue weighted by molar-refractivity contribution is 6.49. The van der Waals surface area contributed by atoms with E-state index in [1.807, 2.05) is 0 Å². The van der Waals surface area contributed by atoms with E-state index in [0.717, 1.165) is 0 Å². The van der Waals surface area contributed by atoms with Crippen LogP contribution in [0.4, 0.5) is 0 Å². The standard InChI is InChI=1S/C13H14Cl2O8/c1-3-6(9(18)19)4(8(16)17)2-5-7(3)13(15,11(22)23)12(5,14)10(20)21/h3-7H,2H2,1H3,(H,16,17)(H,18,19)(H,20,21)(H,22,23). The van der Waals surface area contributed by atoms with Gasteiger partial charge in [-0.15, -0.1) is 23.2 Å². The number of halogens is 2. The summed E-state index contributed by atoms with van der Waals surface area (Å²) in [6.45, 7) is 1.37. The minimum atomic E-state index is -2.40. The molecule has 0 aromatic heterocycles. The van der Waals surface area contributed by atoms with Crippen molar-refractivity contribution < 1.29 is 39.6 Å². The predicted octanol–water partition coefficient (Wildman–Crippen LogP) is 0.798. The van der Waals surface area contributed by atoms with E-state index in [9.17, 15) is 39.6 Å². The fourth-order valence-electron chi connectivity index (χ4n) is 4.25. The predicted molar refractivity (Wildman–Crippen MR) is 75.5 cm³/mol. The lowest BCUT2D eigenvalue weighted by atomic mass is 9.44. The smallest absolute Gasteiger partial charge is 0.327 e. The Balaban J connectivity index is 2.56. The number of hydrogen-bond donors (Lipinski definition) is 4. The zero-order valence-corrected chi connectivity index (χ0v) is 13.3. The third-order valence-electron chi connectivity index (χ3n) is 5.23. The van der Waals surface area contributed by atoms with Crippen LogP contribution in [0.2, 0.25) is 0 Å². The molecular formula is C13H14Cl2O8. The Morgan fingerprint density at radius 3 is 1.74 bits per heavy atom. The minimum Gasteiger partial charge on any atom is -0.481 e. The number of carboxylic acids is 4. The number of aliphatic carboxylic acids is 4. The monoisotopic (exact) mass is 368 g/mol. The molecular weight excluding hydrogens is 355 g/mol. The van der Waals surface area contributed by atoms with Crippen molar-refractivity contribution in [3.05, 3.63) is 0 Å². The van der Waals surface area contributed by atoms with Gasteiger partial charge in [0.1, 0.15) is 0 Å². The second kappa shape index (κ2) is 5.24. The van der Waals surface area contributed by atoms with Gasteiger partial charge in [0.25, 0.3) is 0 Å². The van der Waals surface area contributed by atoms with Crippen LogP contribution in [0.3, 0.4) is 0 Å². The number of carboxylic acid groups (broad SMARTS) is 4. The molecule has 128 valence electrons. The summed E-state index contributed by atoms with van der Waals surface area (Å²) in [5, 5.41) is 37.3. The summed E-state index contributed by atoms with van der Waals surface area (Å²) < 4.78 is 0. The van der Waals surface area contributed by atoms with Crippen LogP contribution in [-0.4, -0.2) is 54.1 Å². The van der Waals surface area contributed by atoms with E-state index in [-0.39, 0.29) is 6.42 Å². The first-order valence-electron chi connectivity index (χ1n) is 6.72. The Morgan fingerprint density at radius 2 is 1.39 bits per heavy atom. The molecule has 2 fully saturated rings. The second-order valence-electron chi connectivity index (χ2n) is 6.07. The summed E-state index contributed by atoms with van der Waals surface area (Å²) in [6.07, 6.45) is -0.362. The summed E-state index contributed by atoms with van der Waals surface area (Å²) in [5.41, 5.74) is 0. The fraction of sp³-hybridized carbons (Fsp3) is 0.692. The van der Waals surface area contributed by atoms with Crippen LogP contribution in [0.15, 0.2) is 0 Å². The number of alkyl halides is 2. The third kappa shape index (κ3) is 1.97. The van der Waals surface area contributed by atoms with Gasteiger partial charge < -0.3 is 20.4 Å². The molecule has 2 rings (SSSR count). The fourth-order valence-corrected chi connectivity index (χ4v) is 5.26. The molecule has 0 heterocycles. The summed E-state index contributed by atoms with van der Waals surface area (Å²) in [4.78, 5) is 41.1. The maximum Gasteiger partial charge on any atom is 0.327 e. The maximum absolute atomic E-state index is 11.6. The molecule has 4 N–H and O–H groups in total. The minimum absolute atomic E-state index is 0.362. The van der Waals surface area contributed by atoms with Crippen molar-refractivity contribution in [3.63, 3.8) is 0 Å². The Morgan fingerprint density at radius 1 is 0.913 bits per heavy atom. The van der Waals surface area contributed by atoms with Crippen LogP contribution in [0, 0.1) is 29.6 Å². The topological polar surface area (TPSA) is 149 Å². The zero-order chi connectivity index (χ0) is 17.9. The summed E-state index contributed by atoms with van der Waals surface area (Å²) in [7, 11) is 0. The van der Waals surface area contributed by atoms with Crippen molar-refractivity contribution in [1.29, 1.82) is 0 Å². The van der Waals surface area contributed by atoms with E-state index in [0.29, 0.717) is 0 Å². The molecule has 10 heteroatoms. The lowest BCUT2D eigenvalue weighted by molar-refractivity contribution is -0.187. The van der Waals surface area contributed by atoms with Gasteiger partial charge in [-0.1, -0.05) is 6.92 Å². The second-order valence-corrected chi connectivity index (χ2v) is 7.26. The first-order valence-corrected chi connectivity index (χ1v) is 7.48. The van der Waals surface area contributed by atoms with Gasteiger partial charge in [0, 0.05) is 0 Å². The number of carbonyl (C=O) groups is 4. The van der Waals surface area contributed by atoms with Crippen molar-refractivity contribution in [2.75, 3.05) is 0 Å². The Hall–Kier alpha value is -1.54. The van der Waals surface area contributed by atoms with Crippen molar-refractivity contribution >= 4 is 47.1 Å². The summed E-state index contributed by atoms with van der Waals surface area (Å²) in [6, 6.07) is 0. The quantitative estimate of drug-likeness (QED) is 0.532. The molecule has 7 unspecified atom stereocenters.